The van der Waals surface area contributed by atoms with Crippen LogP contribution in [0.1, 0.15) is 58.2 Å². The van der Waals surface area contributed by atoms with E-state index in [0.29, 0.717) is 6.54 Å². The summed E-state index contributed by atoms with van der Waals surface area (Å²) in [5.41, 5.74) is 4.36. The summed E-state index contributed by atoms with van der Waals surface area (Å²) in [4.78, 5) is 33.9. The molecule has 2 heterocycles. The van der Waals surface area contributed by atoms with E-state index in [-0.39, 0.29) is 30.2 Å². The van der Waals surface area contributed by atoms with Crippen LogP contribution in [0, 0.1) is 12.3 Å². The topological polar surface area (TPSA) is 94.6 Å². The molecule has 34 heavy (non-hydrogen) atoms. The molecule has 0 radical (unpaired) electrons. The molecule has 2 aliphatic rings. The Kier molecular flexibility index (Phi) is 6.86. The van der Waals surface area contributed by atoms with Crippen molar-refractivity contribution in [3.8, 4) is 10.4 Å². The Morgan fingerprint density at radius 3 is 2.47 bits per heavy atom. The molecule has 7 nitrogen and oxygen atoms in total. The molecule has 8 heteroatoms. The summed E-state index contributed by atoms with van der Waals surface area (Å²) in [5, 5.41) is 16.9. The Hall–Kier alpha value is -2.29. The average molecular weight is 485 g/mol. The number of hydrogen-bond donors (Lipinski definition) is 3. The number of aliphatic hydroxyl groups excluding tert-OH is 1. The van der Waals surface area contributed by atoms with Gasteiger partial charge in [0.1, 0.15) is 6.04 Å². The Morgan fingerprint density at radius 1 is 1.26 bits per heavy atom. The Bertz CT molecular complexity index is 1040. The molecule has 2 fully saturated rings. The first-order valence-electron chi connectivity index (χ1n) is 12.1. The maximum Gasteiger partial charge on any atom is 0.243 e. The third-order valence-electron chi connectivity index (χ3n) is 6.94. The third kappa shape index (κ3) is 4.90. The lowest BCUT2D eigenvalue weighted by molar-refractivity contribution is -0.142. The highest BCUT2D eigenvalue weighted by atomic mass is 32.1. The maximum atomic E-state index is 13.4. The van der Waals surface area contributed by atoms with Crippen LogP contribution in [0.15, 0.2) is 29.8 Å². The lowest BCUT2D eigenvalue weighted by Gasteiger charge is -2.35. The number of rotatable bonds is 7. The second-order valence-corrected chi connectivity index (χ2v) is 11.5. The number of nitrogens with zero attached hydrogens (tertiary/aromatic N) is 2. The van der Waals surface area contributed by atoms with Gasteiger partial charge in [-0.15, -0.1) is 11.3 Å². The van der Waals surface area contributed by atoms with Crippen molar-refractivity contribution >= 4 is 23.2 Å². The smallest absolute Gasteiger partial charge is 0.243 e. The van der Waals surface area contributed by atoms with E-state index < -0.39 is 23.7 Å². The maximum absolute atomic E-state index is 13.4. The highest BCUT2D eigenvalue weighted by Crippen LogP contribution is 2.46. The number of carbonyl (C=O) groups excluding carboxylic acids is 2. The molecule has 0 spiro atoms. The lowest BCUT2D eigenvalue weighted by Crippen LogP contribution is -2.57. The van der Waals surface area contributed by atoms with Crippen molar-refractivity contribution in [2.75, 3.05) is 13.1 Å². The predicted octanol–water partition coefficient (Wildman–Crippen LogP) is 3.21. The molecule has 1 saturated heterocycles. The summed E-state index contributed by atoms with van der Waals surface area (Å²) in [6.45, 7) is 10.8. The molecule has 0 unspecified atom stereocenters. The van der Waals surface area contributed by atoms with E-state index in [2.05, 4.69) is 39.9 Å². The van der Waals surface area contributed by atoms with E-state index in [1.54, 1.807) is 16.2 Å². The largest absolute Gasteiger partial charge is 0.391 e. The van der Waals surface area contributed by atoms with Crippen LogP contribution in [0.3, 0.4) is 0 Å². The van der Waals surface area contributed by atoms with Gasteiger partial charge in [-0.25, -0.2) is 4.98 Å². The Balaban J connectivity index is 1.49. The van der Waals surface area contributed by atoms with Crippen LogP contribution in [0.2, 0.25) is 0 Å². The number of hydrogen-bond acceptors (Lipinski definition) is 6. The number of benzene rings is 1. The summed E-state index contributed by atoms with van der Waals surface area (Å²) in [6.07, 6.45) is 1.30. The van der Waals surface area contributed by atoms with Gasteiger partial charge in [0.25, 0.3) is 0 Å². The summed E-state index contributed by atoms with van der Waals surface area (Å²) in [5.74, 6) is -0.311. The van der Waals surface area contributed by atoms with Crippen LogP contribution < -0.4 is 10.6 Å². The van der Waals surface area contributed by atoms with Gasteiger partial charge in [0.15, 0.2) is 0 Å². The quantitative estimate of drug-likeness (QED) is 0.561. The van der Waals surface area contributed by atoms with Gasteiger partial charge in [-0.2, -0.15) is 0 Å². The molecule has 184 valence electrons. The van der Waals surface area contributed by atoms with Crippen LogP contribution in [0.5, 0.6) is 0 Å². The number of likely N-dealkylation sites (N-methyl/N-ethyl adjacent to an activating group) is 1. The summed E-state index contributed by atoms with van der Waals surface area (Å²) in [6, 6.07) is 7.24. The average Bonchev–Trinajstić information content (AvgIpc) is 3.25. The fourth-order valence-corrected chi connectivity index (χ4v) is 5.70. The molecule has 2 aromatic rings. The van der Waals surface area contributed by atoms with E-state index in [1.165, 1.54) is 0 Å². The molecule has 1 aliphatic carbocycles. The number of β-amino-alcohol motifs (C(OH)–C–C–N with tert-alkyl or cyclic N) is 1. The van der Waals surface area contributed by atoms with Crippen molar-refractivity contribution in [3.05, 3.63) is 41.0 Å². The SMILES string of the molecule is CCN[C@H](C(=O)N1C[C@H](O)C[C@H]1C(=O)NC1(c2ccc(-c3scnc3C)cc2)CC1)C(C)(C)C. The van der Waals surface area contributed by atoms with Crippen LogP contribution >= 0.6 is 11.3 Å². The van der Waals surface area contributed by atoms with E-state index >= 15 is 0 Å². The van der Waals surface area contributed by atoms with Crippen LogP contribution in [-0.2, 0) is 15.1 Å². The van der Waals surface area contributed by atoms with E-state index in [0.717, 1.165) is 34.5 Å². The van der Waals surface area contributed by atoms with Gasteiger partial charge in [0, 0.05) is 13.0 Å². The first kappa shape index (κ1) is 24.8. The van der Waals surface area contributed by atoms with E-state index in [9.17, 15) is 14.7 Å². The summed E-state index contributed by atoms with van der Waals surface area (Å²) < 4.78 is 0. The molecule has 1 aromatic heterocycles. The van der Waals surface area contributed by atoms with Crippen molar-refractivity contribution in [3.63, 3.8) is 0 Å². The number of aryl methyl sites for hydroxylation is 1. The zero-order valence-electron chi connectivity index (χ0n) is 20.7. The van der Waals surface area contributed by atoms with E-state index in [4.69, 9.17) is 0 Å². The van der Waals surface area contributed by atoms with Gasteiger partial charge in [-0.3, -0.25) is 9.59 Å². The molecule has 1 saturated carbocycles. The minimum Gasteiger partial charge on any atom is -0.391 e. The standard InChI is InChI=1S/C26H36N4O3S/c1-6-27-22(25(3,4)5)24(33)30-14-19(31)13-20(30)23(32)29-26(11-12-26)18-9-7-17(8-10-18)21-16(2)28-15-34-21/h7-10,15,19-20,22,27,31H,6,11-14H2,1-5H3,(H,29,32)/t19-,20+,22-/m1/s1. The van der Waals surface area contributed by atoms with Crippen molar-refractivity contribution in [1.82, 2.24) is 20.5 Å². The minimum atomic E-state index is -0.695. The number of carbonyl (C=O) groups is 2. The predicted molar refractivity (Wildman–Crippen MR) is 134 cm³/mol. The highest BCUT2D eigenvalue weighted by Gasteiger charge is 2.49. The number of thiazole rings is 1. The van der Waals surface area contributed by atoms with Gasteiger partial charge in [-0.1, -0.05) is 52.0 Å². The van der Waals surface area contributed by atoms with Crippen LogP contribution in [0.25, 0.3) is 10.4 Å². The zero-order valence-corrected chi connectivity index (χ0v) is 21.5. The first-order valence-corrected chi connectivity index (χ1v) is 13.0. The number of aliphatic hydroxyl groups is 1. The van der Waals surface area contributed by atoms with Gasteiger partial charge in [-0.05, 0) is 42.9 Å². The molecule has 3 N–H and O–H groups in total. The molecule has 2 amide bonds. The monoisotopic (exact) mass is 484 g/mol. The van der Waals surface area contributed by atoms with Crippen LogP contribution in [-0.4, -0.2) is 58.1 Å². The number of aromatic nitrogens is 1. The van der Waals surface area contributed by atoms with Gasteiger partial charge in [0.05, 0.1) is 33.8 Å². The first-order chi connectivity index (χ1) is 16.1. The molecular weight excluding hydrogens is 448 g/mol. The number of nitrogens with one attached hydrogen (secondary N) is 2. The molecule has 1 aliphatic heterocycles. The fourth-order valence-electron chi connectivity index (χ4n) is 4.89. The fraction of sp³-hybridized carbons (Fsp3) is 0.577. The Labute approximate surface area is 206 Å². The molecule has 4 rings (SSSR count). The van der Waals surface area contributed by atoms with Crippen molar-refractivity contribution in [1.29, 1.82) is 0 Å². The van der Waals surface area contributed by atoms with Crippen molar-refractivity contribution in [2.45, 2.75) is 77.6 Å². The number of likely N-dealkylation sites (tertiary alicyclic amines) is 1. The zero-order chi connectivity index (χ0) is 24.7. The van der Waals surface area contributed by atoms with Gasteiger partial charge < -0.3 is 20.6 Å². The minimum absolute atomic E-state index is 0.125. The lowest BCUT2D eigenvalue weighted by atomic mass is 9.85. The third-order valence-corrected chi connectivity index (χ3v) is 7.92. The molecule has 3 atom stereocenters. The Morgan fingerprint density at radius 2 is 1.94 bits per heavy atom. The summed E-state index contributed by atoms with van der Waals surface area (Å²) >= 11 is 1.62. The van der Waals surface area contributed by atoms with Gasteiger partial charge >= 0.3 is 0 Å². The highest BCUT2D eigenvalue weighted by molar-refractivity contribution is 7.13. The van der Waals surface area contributed by atoms with Gasteiger partial charge in [0.2, 0.25) is 11.8 Å². The second kappa shape index (κ2) is 9.40. The molecule has 1 aromatic carbocycles. The normalized spacial score (nSPS) is 22.5. The number of amides is 2. The van der Waals surface area contributed by atoms with Crippen LogP contribution in [0.4, 0.5) is 0 Å². The molecular formula is C26H36N4O3S. The molecule has 0 bridgehead atoms. The van der Waals surface area contributed by atoms with E-state index in [1.807, 2.05) is 40.1 Å². The van der Waals surface area contributed by atoms with Crippen molar-refractivity contribution < 1.29 is 14.7 Å². The van der Waals surface area contributed by atoms with Crippen molar-refractivity contribution in [2.24, 2.45) is 5.41 Å². The summed E-state index contributed by atoms with van der Waals surface area (Å²) in [7, 11) is 0. The second-order valence-electron chi connectivity index (χ2n) is 10.7.